The van der Waals surface area contributed by atoms with Crippen molar-refractivity contribution in [3.05, 3.63) is 38.9 Å². The molecule has 0 radical (unpaired) electrons. The van der Waals surface area contributed by atoms with Gasteiger partial charge in [0.25, 0.3) is 11.6 Å². The summed E-state index contributed by atoms with van der Waals surface area (Å²) in [5.41, 5.74) is -0.547. The summed E-state index contributed by atoms with van der Waals surface area (Å²) in [7, 11) is 0. The fraction of sp³-hybridized carbons (Fsp3) is 0.417. The van der Waals surface area contributed by atoms with E-state index >= 15 is 0 Å². The molecule has 0 aliphatic heterocycles. The lowest BCUT2D eigenvalue weighted by molar-refractivity contribution is -0.385. The number of nitrogens with one attached hydrogen (secondary N) is 1. The van der Waals surface area contributed by atoms with Crippen LogP contribution < -0.4 is 5.32 Å². The minimum absolute atomic E-state index is 0.00531. The number of nitrogens with zero attached hydrogens (tertiary/aromatic N) is 1. The molecule has 1 amide bonds. The third-order valence-electron chi connectivity index (χ3n) is 2.66. The molecule has 0 bridgehead atoms. The highest BCUT2D eigenvalue weighted by Gasteiger charge is 2.23. The standard InChI is InChI=1S/C12H15ClN2O4/c1-7(2)10(16)6-14-12(17)11-8(13)4-3-5-9(11)15(18)19/h3-5,7,10,16H,6H2,1-2H3,(H,14,17). The van der Waals surface area contributed by atoms with Gasteiger partial charge in [0.2, 0.25) is 0 Å². The van der Waals surface area contributed by atoms with Gasteiger partial charge in [-0.2, -0.15) is 0 Å². The minimum atomic E-state index is -0.717. The normalized spacial score (nSPS) is 12.3. The molecule has 0 aliphatic rings. The van der Waals surface area contributed by atoms with Crippen molar-refractivity contribution in [3.63, 3.8) is 0 Å². The van der Waals surface area contributed by atoms with E-state index < -0.39 is 16.9 Å². The van der Waals surface area contributed by atoms with Crippen molar-refractivity contribution in [1.29, 1.82) is 0 Å². The van der Waals surface area contributed by atoms with Crippen LogP contribution in [0.25, 0.3) is 0 Å². The Balaban J connectivity index is 2.91. The Morgan fingerprint density at radius 1 is 1.53 bits per heavy atom. The summed E-state index contributed by atoms with van der Waals surface area (Å²) >= 11 is 5.82. The van der Waals surface area contributed by atoms with Gasteiger partial charge in [-0.1, -0.05) is 31.5 Å². The van der Waals surface area contributed by atoms with Crippen molar-refractivity contribution >= 4 is 23.2 Å². The molecule has 6 nitrogen and oxygen atoms in total. The summed E-state index contributed by atoms with van der Waals surface area (Å²) in [4.78, 5) is 22.1. The maximum atomic E-state index is 11.9. The van der Waals surface area contributed by atoms with Crippen LogP contribution in [0.1, 0.15) is 24.2 Å². The Hall–Kier alpha value is -1.66. The van der Waals surface area contributed by atoms with Gasteiger partial charge in [-0.25, -0.2) is 0 Å². The smallest absolute Gasteiger partial charge is 0.283 e. The second-order valence-electron chi connectivity index (χ2n) is 4.41. The van der Waals surface area contributed by atoms with Gasteiger partial charge in [0.15, 0.2) is 0 Å². The van der Waals surface area contributed by atoms with Crippen molar-refractivity contribution in [1.82, 2.24) is 5.32 Å². The molecule has 7 heteroatoms. The predicted octanol–water partition coefficient (Wildman–Crippen LogP) is 1.99. The Labute approximate surface area is 115 Å². The number of benzene rings is 1. The zero-order valence-electron chi connectivity index (χ0n) is 10.6. The molecule has 104 valence electrons. The van der Waals surface area contributed by atoms with Gasteiger partial charge in [-0.05, 0) is 12.0 Å². The van der Waals surface area contributed by atoms with E-state index in [1.807, 2.05) is 0 Å². The van der Waals surface area contributed by atoms with E-state index in [0.29, 0.717) is 0 Å². The van der Waals surface area contributed by atoms with Crippen LogP contribution in [0, 0.1) is 16.0 Å². The molecular formula is C12H15ClN2O4. The van der Waals surface area contributed by atoms with E-state index in [-0.39, 0.29) is 28.7 Å². The summed E-state index contributed by atoms with van der Waals surface area (Å²) < 4.78 is 0. The lowest BCUT2D eigenvalue weighted by Crippen LogP contribution is -2.35. The van der Waals surface area contributed by atoms with Crippen LogP contribution in [-0.2, 0) is 0 Å². The molecular weight excluding hydrogens is 272 g/mol. The third-order valence-corrected chi connectivity index (χ3v) is 2.97. The van der Waals surface area contributed by atoms with Gasteiger partial charge in [-0.3, -0.25) is 14.9 Å². The maximum absolute atomic E-state index is 11.9. The van der Waals surface area contributed by atoms with E-state index in [0.717, 1.165) is 0 Å². The fourth-order valence-corrected chi connectivity index (χ4v) is 1.67. The first-order chi connectivity index (χ1) is 8.84. The average Bonchev–Trinajstić information content (AvgIpc) is 2.34. The molecule has 0 aliphatic carbocycles. The van der Waals surface area contributed by atoms with Gasteiger partial charge in [-0.15, -0.1) is 0 Å². The molecule has 1 unspecified atom stereocenters. The monoisotopic (exact) mass is 286 g/mol. The van der Waals surface area contributed by atoms with Crippen LogP contribution in [0.15, 0.2) is 18.2 Å². The summed E-state index contributed by atoms with van der Waals surface area (Å²) in [5, 5.41) is 22.9. The number of rotatable bonds is 5. The number of aliphatic hydroxyl groups excluding tert-OH is 1. The van der Waals surface area contributed by atoms with Gasteiger partial charge in [0, 0.05) is 12.6 Å². The third kappa shape index (κ3) is 3.90. The Morgan fingerprint density at radius 2 is 2.16 bits per heavy atom. The summed E-state index contributed by atoms with van der Waals surface area (Å²) in [6.45, 7) is 3.61. The quantitative estimate of drug-likeness (QED) is 0.639. The first-order valence-electron chi connectivity index (χ1n) is 5.73. The number of carbonyl (C=O) groups is 1. The number of nitro benzene ring substituents is 1. The van der Waals surface area contributed by atoms with Crippen molar-refractivity contribution < 1.29 is 14.8 Å². The van der Waals surface area contributed by atoms with Crippen LogP contribution in [-0.4, -0.2) is 28.6 Å². The molecule has 1 aromatic carbocycles. The number of hydrogen-bond donors (Lipinski definition) is 2. The molecule has 0 heterocycles. The highest BCUT2D eigenvalue weighted by molar-refractivity contribution is 6.34. The number of halogens is 1. The first kappa shape index (κ1) is 15.4. The highest BCUT2D eigenvalue weighted by atomic mass is 35.5. The SMILES string of the molecule is CC(C)C(O)CNC(=O)c1c(Cl)cccc1[N+](=O)[O-]. The zero-order valence-corrected chi connectivity index (χ0v) is 11.3. The second kappa shape index (κ2) is 6.49. The average molecular weight is 287 g/mol. The molecule has 19 heavy (non-hydrogen) atoms. The van der Waals surface area contributed by atoms with Crippen molar-refractivity contribution in [2.24, 2.45) is 5.92 Å². The summed E-state index contributed by atoms with van der Waals surface area (Å²) in [6.07, 6.45) is -0.717. The lowest BCUT2D eigenvalue weighted by Gasteiger charge is -2.15. The van der Waals surface area contributed by atoms with Crippen LogP contribution in [0.4, 0.5) is 5.69 Å². The Bertz CT molecular complexity index is 491. The highest BCUT2D eigenvalue weighted by Crippen LogP contribution is 2.25. The van der Waals surface area contributed by atoms with Gasteiger partial charge in [0.1, 0.15) is 5.56 Å². The van der Waals surface area contributed by atoms with E-state index in [4.69, 9.17) is 11.6 Å². The van der Waals surface area contributed by atoms with Crippen LogP contribution in [0.2, 0.25) is 5.02 Å². The molecule has 0 saturated carbocycles. The van der Waals surface area contributed by atoms with Gasteiger partial charge < -0.3 is 10.4 Å². The number of nitro groups is 1. The Morgan fingerprint density at radius 3 is 2.68 bits per heavy atom. The molecule has 0 aromatic heterocycles. The van der Waals surface area contributed by atoms with E-state index in [1.165, 1.54) is 18.2 Å². The predicted molar refractivity (Wildman–Crippen MR) is 71.3 cm³/mol. The number of hydrogen-bond acceptors (Lipinski definition) is 4. The summed E-state index contributed by atoms with van der Waals surface area (Å²) in [6, 6.07) is 4.02. The van der Waals surface area contributed by atoms with Crippen molar-refractivity contribution in [2.45, 2.75) is 20.0 Å². The van der Waals surface area contributed by atoms with Crippen LogP contribution >= 0.6 is 11.6 Å². The lowest BCUT2D eigenvalue weighted by atomic mass is 10.1. The van der Waals surface area contributed by atoms with Gasteiger partial charge in [0.05, 0.1) is 16.0 Å². The molecule has 0 fully saturated rings. The number of aliphatic hydroxyl groups is 1. The molecule has 0 saturated heterocycles. The largest absolute Gasteiger partial charge is 0.391 e. The fourth-order valence-electron chi connectivity index (χ4n) is 1.41. The van der Waals surface area contributed by atoms with Crippen molar-refractivity contribution in [2.75, 3.05) is 6.54 Å². The van der Waals surface area contributed by atoms with Gasteiger partial charge >= 0.3 is 0 Å². The topological polar surface area (TPSA) is 92.5 Å². The molecule has 1 atom stereocenters. The van der Waals surface area contributed by atoms with E-state index in [2.05, 4.69) is 5.32 Å². The summed E-state index contributed by atoms with van der Waals surface area (Å²) in [5.74, 6) is -0.696. The molecule has 1 rings (SSSR count). The van der Waals surface area contributed by atoms with E-state index in [1.54, 1.807) is 13.8 Å². The zero-order chi connectivity index (χ0) is 14.6. The van der Waals surface area contributed by atoms with Crippen molar-refractivity contribution in [3.8, 4) is 0 Å². The molecule has 0 spiro atoms. The number of carbonyl (C=O) groups excluding carboxylic acids is 1. The number of amides is 1. The first-order valence-corrected chi connectivity index (χ1v) is 6.11. The van der Waals surface area contributed by atoms with E-state index in [9.17, 15) is 20.0 Å². The minimum Gasteiger partial charge on any atom is -0.391 e. The van der Waals surface area contributed by atoms with Crippen LogP contribution in [0.5, 0.6) is 0 Å². The second-order valence-corrected chi connectivity index (χ2v) is 4.82. The molecule has 2 N–H and O–H groups in total. The molecule has 1 aromatic rings. The van der Waals surface area contributed by atoms with Crippen LogP contribution in [0.3, 0.4) is 0 Å². The Kier molecular flexibility index (Phi) is 5.26. The maximum Gasteiger partial charge on any atom is 0.283 e.